The number of carboxylic acids is 2. The van der Waals surface area contributed by atoms with Crippen LogP contribution in [0, 0.1) is 0 Å². The Morgan fingerprint density at radius 2 is 1.56 bits per heavy atom. The molecule has 0 unspecified atom stereocenters. The molecule has 0 radical (unpaired) electrons. The van der Waals surface area contributed by atoms with Gasteiger partial charge in [0.15, 0.2) is 17.1 Å². The molecule has 3 aromatic rings. The fraction of sp³-hybridized carbons (Fsp3) is 0.222. The van der Waals surface area contributed by atoms with Crippen LogP contribution in [0.2, 0.25) is 10.0 Å². The predicted octanol–water partition coefficient (Wildman–Crippen LogP) is 2.64. The van der Waals surface area contributed by atoms with Gasteiger partial charge >= 0.3 is 0 Å². The van der Waals surface area contributed by atoms with Gasteiger partial charge in [-0.15, -0.1) is 0 Å². The number of furan rings is 1. The minimum absolute atomic E-state index is 0.253. The predicted molar refractivity (Wildman–Crippen MR) is 142 cm³/mol. The summed E-state index contributed by atoms with van der Waals surface area (Å²) in [4.78, 5) is 34.1. The van der Waals surface area contributed by atoms with Gasteiger partial charge < -0.3 is 43.3 Å². The Hall–Kier alpha value is -3.99. The molecule has 3 rings (SSSR count). The van der Waals surface area contributed by atoms with E-state index in [4.69, 9.17) is 41.8 Å². The van der Waals surface area contributed by atoms with Gasteiger partial charge in [-0.05, 0) is 56.1 Å². The van der Waals surface area contributed by atoms with Crippen LogP contribution >= 0.6 is 23.2 Å². The Morgan fingerprint density at radius 1 is 0.923 bits per heavy atom. The number of hydrogen-bond acceptors (Lipinski definition) is 10. The fourth-order valence-corrected chi connectivity index (χ4v) is 3.52. The number of halogens is 2. The summed E-state index contributed by atoms with van der Waals surface area (Å²) in [6.45, 7) is 0.990. The summed E-state index contributed by atoms with van der Waals surface area (Å²) in [6, 6.07) is 6.84. The zero-order chi connectivity index (χ0) is 29.1. The van der Waals surface area contributed by atoms with Crippen molar-refractivity contribution < 1.29 is 43.2 Å². The van der Waals surface area contributed by atoms with Crippen LogP contribution in [0.3, 0.4) is 0 Å². The molecule has 10 nitrogen and oxygen atoms in total. The van der Waals surface area contributed by atoms with E-state index < -0.39 is 11.9 Å². The number of carboxylic acid groups (broad SMARTS) is 2. The number of benzene rings is 2. The molecule has 2 aromatic carbocycles. The summed E-state index contributed by atoms with van der Waals surface area (Å²) in [7, 11) is 6.87. The summed E-state index contributed by atoms with van der Waals surface area (Å²) >= 11 is 12.0. The number of methoxy groups -OCH3 is 2. The lowest BCUT2D eigenvalue weighted by Gasteiger charge is -2.18. The monoisotopic (exact) mass is 577 g/mol. The molecule has 0 aliphatic carbocycles. The third kappa shape index (κ3) is 8.78. The number of hydrogen-bond donors (Lipinski definition) is 0. The summed E-state index contributed by atoms with van der Waals surface area (Å²) in [6.07, 6.45) is 5.37. The lowest BCUT2D eigenvalue weighted by atomic mass is 10.0. The average molecular weight is 578 g/mol. The van der Waals surface area contributed by atoms with E-state index in [0.717, 1.165) is 5.56 Å². The van der Waals surface area contributed by atoms with Crippen molar-refractivity contribution in [2.24, 2.45) is 0 Å². The number of nitrogens with zero attached hydrogens (tertiary/aromatic N) is 1. The third-order valence-electron chi connectivity index (χ3n) is 4.94. The van der Waals surface area contributed by atoms with E-state index in [9.17, 15) is 24.6 Å². The number of carbonyl (C=O) groups excluding carboxylic acids is 3. The molecule has 0 aliphatic rings. The number of fused-ring (bicyclic) bond motifs is 1. The highest BCUT2D eigenvalue weighted by Crippen LogP contribution is 2.46. The molecule has 208 valence electrons. The Labute approximate surface area is 234 Å². The van der Waals surface area contributed by atoms with E-state index in [1.807, 2.05) is 19.0 Å². The summed E-state index contributed by atoms with van der Waals surface area (Å²) < 4.78 is 22.7. The fourth-order valence-electron chi connectivity index (χ4n) is 3.21. The van der Waals surface area contributed by atoms with Crippen molar-refractivity contribution >= 4 is 58.0 Å². The van der Waals surface area contributed by atoms with Gasteiger partial charge in [0.25, 0.3) is 0 Å². The number of rotatable bonds is 11. The zero-order valence-electron chi connectivity index (χ0n) is 21.5. The molecule has 0 atom stereocenters. The highest BCUT2D eigenvalue weighted by molar-refractivity contribution is 6.42. The topological polar surface area (TPSA) is 141 Å². The van der Waals surface area contributed by atoms with Crippen molar-refractivity contribution in [3.05, 3.63) is 69.9 Å². The molecule has 0 bridgehead atoms. The molecular weight excluding hydrogens is 553 g/mol. The van der Waals surface area contributed by atoms with Crippen molar-refractivity contribution in [3.63, 3.8) is 0 Å². The van der Waals surface area contributed by atoms with E-state index in [0.29, 0.717) is 57.8 Å². The minimum Gasteiger partial charge on any atom is -0.545 e. The van der Waals surface area contributed by atoms with Crippen LogP contribution in [-0.2, 0) is 9.59 Å². The lowest BCUT2D eigenvalue weighted by molar-refractivity contribution is -0.301. The molecule has 1 aromatic heterocycles. The highest BCUT2D eigenvalue weighted by atomic mass is 35.5. The van der Waals surface area contributed by atoms with Crippen molar-refractivity contribution in [2.75, 3.05) is 41.5 Å². The largest absolute Gasteiger partial charge is 0.545 e. The Kier molecular flexibility index (Phi) is 11.9. The molecule has 0 amide bonds. The lowest BCUT2D eigenvalue weighted by Crippen LogP contribution is -2.23. The number of allylic oxidation sites excluding steroid dienone is 1. The van der Waals surface area contributed by atoms with Crippen molar-refractivity contribution in [1.29, 1.82) is 0 Å². The van der Waals surface area contributed by atoms with Gasteiger partial charge in [-0.1, -0.05) is 35.3 Å². The summed E-state index contributed by atoms with van der Waals surface area (Å²) in [5, 5.41) is 20.3. The van der Waals surface area contributed by atoms with Gasteiger partial charge in [-0.2, -0.15) is 0 Å². The van der Waals surface area contributed by atoms with Gasteiger partial charge in [0.2, 0.25) is 5.75 Å². The molecule has 0 saturated carbocycles. The highest BCUT2D eigenvalue weighted by Gasteiger charge is 2.28. The Morgan fingerprint density at radius 3 is 2.10 bits per heavy atom. The van der Waals surface area contributed by atoms with Crippen molar-refractivity contribution in [1.82, 2.24) is 4.90 Å². The van der Waals surface area contributed by atoms with E-state index in [-0.39, 0.29) is 17.1 Å². The Balaban J connectivity index is 0.000000580. The second-order valence-electron chi connectivity index (χ2n) is 7.93. The van der Waals surface area contributed by atoms with Crippen LogP contribution in [-0.4, -0.2) is 64.1 Å². The Bertz CT molecular complexity index is 1380. The first-order valence-corrected chi connectivity index (χ1v) is 12.0. The molecule has 12 heteroatoms. The van der Waals surface area contributed by atoms with Gasteiger partial charge in [-0.25, -0.2) is 0 Å². The van der Waals surface area contributed by atoms with Crippen molar-refractivity contribution in [2.45, 2.75) is 0 Å². The second kappa shape index (κ2) is 14.8. The third-order valence-corrected chi connectivity index (χ3v) is 5.68. The zero-order valence-corrected chi connectivity index (χ0v) is 23.0. The summed E-state index contributed by atoms with van der Waals surface area (Å²) in [5.74, 6) is -2.45. The van der Waals surface area contributed by atoms with E-state index in [1.54, 1.807) is 30.3 Å². The molecular formula is C27H25Cl2NO9-2. The van der Waals surface area contributed by atoms with Crippen LogP contribution in [0.1, 0.15) is 15.9 Å². The molecule has 0 spiro atoms. The van der Waals surface area contributed by atoms with E-state index in [2.05, 4.69) is 0 Å². The van der Waals surface area contributed by atoms with Gasteiger partial charge in [0.1, 0.15) is 17.9 Å². The maximum atomic E-state index is 13.3. The van der Waals surface area contributed by atoms with Crippen LogP contribution in [0.25, 0.3) is 17.0 Å². The molecule has 1 heterocycles. The molecule has 0 N–H and O–H groups in total. The van der Waals surface area contributed by atoms with Crippen molar-refractivity contribution in [3.8, 4) is 17.2 Å². The minimum atomic E-state index is -1.55. The van der Waals surface area contributed by atoms with Crippen LogP contribution in [0.5, 0.6) is 17.2 Å². The maximum absolute atomic E-state index is 13.3. The van der Waals surface area contributed by atoms with Crippen LogP contribution in [0.4, 0.5) is 0 Å². The number of ketones is 1. The summed E-state index contributed by atoms with van der Waals surface area (Å²) in [5.41, 5.74) is 1.43. The SMILES string of the molecule is COc1c(C(=O)C=Cc2ccc(Cl)c(Cl)c2)c(OCCN(C)C)c(OC)c2occc12.O=C([O-])C=CC(=O)[O-]. The number of aliphatic carboxylic acids is 2. The van der Waals surface area contributed by atoms with Gasteiger partial charge in [0, 0.05) is 6.54 Å². The molecule has 0 fully saturated rings. The average Bonchev–Trinajstić information content (AvgIpc) is 3.36. The normalized spacial score (nSPS) is 11.1. The number of ether oxygens (including phenoxy) is 3. The number of carbonyl (C=O) groups is 3. The van der Waals surface area contributed by atoms with E-state index >= 15 is 0 Å². The van der Waals surface area contributed by atoms with Crippen LogP contribution in [0.15, 0.2) is 53.2 Å². The molecule has 0 saturated heterocycles. The number of likely N-dealkylation sites (N-methyl/N-ethyl adjacent to an activating group) is 1. The first-order valence-electron chi connectivity index (χ1n) is 11.2. The second-order valence-corrected chi connectivity index (χ2v) is 8.74. The van der Waals surface area contributed by atoms with Gasteiger partial charge in [0.05, 0.1) is 47.9 Å². The smallest absolute Gasteiger partial charge is 0.205 e. The standard InChI is InChI=1S/C23H23Cl2NO5.C4H4O4/c1-26(2)10-12-31-22-19(18(27)8-6-14-5-7-16(24)17(25)13-14)20(28-3)15-9-11-30-21(15)23(22)29-4;5-3(6)1-2-4(7)8/h5-9,11,13H,10,12H2,1-4H3;1-2H,(H,5,6)(H,7,8)/p-2. The first-order chi connectivity index (χ1) is 18.5. The quantitative estimate of drug-likeness (QED) is 0.246. The molecule has 39 heavy (non-hydrogen) atoms. The van der Waals surface area contributed by atoms with E-state index in [1.165, 1.54) is 26.6 Å². The maximum Gasteiger partial charge on any atom is 0.205 e. The van der Waals surface area contributed by atoms with Gasteiger partial charge in [-0.3, -0.25) is 4.79 Å². The van der Waals surface area contributed by atoms with Crippen LogP contribution < -0.4 is 24.4 Å². The molecule has 0 aliphatic heterocycles. The first kappa shape index (κ1) is 31.2.